The largest absolute Gasteiger partial charge is 0.496 e. The molecule has 88 valence electrons. The molecule has 1 saturated carbocycles. The number of hydrogen-bond acceptors (Lipinski definition) is 2. The Labute approximate surface area is 98.0 Å². The van der Waals surface area contributed by atoms with Gasteiger partial charge in [0, 0.05) is 11.6 Å². The second-order valence-electron chi connectivity index (χ2n) is 5.12. The molecule has 0 heterocycles. The lowest BCUT2D eigenvalue weighted by Gasteiger charge is -2.25. The summed E-state index contributed by atoms with van der Waals surface area (Å²) in [5.41, 5.74) is 3.00. The molecular weight excluding hydrogens is 198 g/mol. The van der Waals surface area contributed by atoms with Gasteiger partial charge < -0.3 is 10.1 Å². The number of nitrogens with one attached hydrogen (secondary N) is 1. The lowest BCUT2D eigenvalue weighted by molar-refractivity contribution is 0.358. The topological polar surface area (TPSA) is 21.3 Å². The Balaban J connectivity index is 2.40. The fourth-order valence-corrected chi connectivity index (χ4v) is 2.44. The molecule has 1 unspecified atom stereocenters. The summed E-state index contributed by atoms with van der Waals surface area (Å²) in [4.78, 5) is 0. The molecule has 16 heavy (non-hydrogen) atoms. The molecule has 0 spiro atoms. The van der Waals surface area contributed by atoms with Crippen molar-refractivity contribution in [2.45, 2.75) is 32.7 Å². The summed E-state index contributed by atoms with van der Waals surface area (Å²) in [5.74, 6) is 0.998. The van der Waals surface area contributed by atoms with Crippen LogP contribution in [0.1, 0.15) is 36.9 Å². The average molecular weight is 219 g/mol. The molecule has 0 aliphatic heterocycles. The van der Waals surface area contributed by atoms with Gasteiger partial charge in [-0.25, -0.2) is 0 Å². The van der Waals surface area contributed by atoms with Gasteiger partial charge in [-0.15, -0.1) is 0 Å². The molecule has 1 atom stereocenters. The predicted octanol–water partition coefficient (Wildman–Crippen LogP) is 3.06. The van der Waals surface area contributed by atoms with Gasteiger partial charge in [0.1, 0.15) is 5.75 Å². The maximum absolute atomic E-state index is 5.47. The minimum atomic E-state index is 0.405. The zero-order valence-electron chi connectivity index (χ0n) is 10.6. The van der Waals surface area contributed by atoms with Gasteiger partial charge in [0.05, 0.1) is 7.11 Å². The third-order valence-corrected chi connectivity index (χ3v) is 3.72. The number of ether oxygens (including phenoxy) is 1. The van der Waals surface area contributed by atoms with E-state index >= 15 is 0 Å². The van der Waals surface area contributed by atoms with Crippen LogP contribution in [0, 0.1) is 12.3 Å². The summed E-state index contributed by atoms with van der Waals surface area (Å²) < 4.78 is 5.47. The quantitative estimate of drug-likeness (QED) is 0.840. The molecule has 1 fully saturated rings. The fourth-order valence-electron chi connectivity index (χ4n) is 2.44. The maximum atomic E-state index is 5.47. The standard InChI is InChI=1S/C14H21NO/c1-10-5-6-12(16-4)11(9-10)13(15-3)14(2)7-8-14/h5-6,9,13,15H,7-8H2,1-4H3. The third kappa shape index (κ3) is 1.94. The summed E-state index contributed by atoms with van der Waals surface area (Å²) in [5, 5.41) is 3.44. The van der Waals surface area contributed by atoms with Crippen molar-refractivity contribution in [2.75, 3.05) is 14.2 Å². The van der Waals surface area contributed by atoms with Crippen molar-refractivity contribution in [3.63, 3.8) is 0 Å². The van der Waals surface area contributed by atoms with Gasteiger partial charge in [-0.2, -0.15) is 0 Å². The number of methoxy groups -OCH3 is 1. The monoisotopic (exact) mass is 219 g/mol. The van der Waals surface area contributed by atoms with Gasteiger partial charge in [0.2, 0.25) is 0 Å². The second-order valence-corrected chi connectivity index (χ2v) is 5.12. The molecule has 0 saturated heterocycles. The molecule has 1 N–H and O–H groups in total. The summed E-state index contributed by atoms with van der Waals surface area (Å²) in [7, 11) is 3.78. The van der Waals surface area contributed by atoms with Crippen molar-refractivity contribution in [1.82, 2.24) is 5.32 Å². The molecule has 1 aliphatic carbocycles. The van der Waals surface area contributed by atoms with Crippen molar-refractivity contribution in [1.29, 1.82) is 0 Å². The molecule has 0 radical (unpaired) electrons. The van der Waals surface area contributed by atoms with Gasteiger partial charge in [-0.1, -0.05) is 24.6 Å². The van der Waals surface area contributed by atoms with Crippen molar-refractivity contribution < 1.29 is 4.74 Å². The van der Waals surface area contributed by atoms with E-state index in [9.17, 15) is 0 Å². The van der Waals surface area contributed by atoms with Crippen molar-refractivity contribution in [3.8, 4) is 5.75 Å². The van der Waals surface area contributed by atoms with Gasteiger partial charge in [0.25, 0.3) is 0 Å². The average Bonchev–Trinajstić information content (AvgIpc) is 2.98. The molecule has 1 aromatic rings. The Hall–Kier alpha value is -1.02. The van der Waals surface area contributed by atoms with E-state index < -0.39 is 0 Å². The minimum absolute atomic E-state index is 0.405. The summed E-state index contributed by atoms with van der Waals surface area (Å²) in [6.45, 7) is 4.47. The lowest BCUT2D eigenvalue weighted by Crippen LogP contribution is -2.25. The summed E-state index contributed by atoms with van der Waals surface area (Å²) >= 11 is 0. The number of aryl methyl sites for hydroxylation is 1. The highest BCUT2D eigenvalue weighted by Crippen LogP contribution is 2.55. The Morgan fingerprint density at radius 2 is 2.06 bits per heavy atom. The molecule has 1 aromatic carbocycles. The first-order valence-corrected chi connectivity index (χ1v) is 5.92. The number of hydrogen-bond donors (Lipinski definition) is 1. The van der Waals surface area contributed by atoms with Crippen LogP contribution in [0.15, 0.2) is 18.2 Å². The first-order chi connectivity index (χ1) is 7.60. The Kier molecular flexibility index (Phi) is 2.94. The molecule has 2 nitrogen and oxygen atoms in total. The van der Waals surface area contributed by atoms with E-state index in [0.29, 0.717) is 11.5 Å². The van der Waals surface area contributed by atoms with E-state index in [-0.39, 0.29) is 0 Å². The normalized spacial score (nSPS) is 19.2. The van der Waals surface area contributed by atoms with Crippen LogP contribution >= 0.6 is 0 Å². The van der Waals surface area contributed by atoms with Gasteiger partial charge in [-0.05, 0) is 38.3 Å². The van der Waals surface area contributed by atoms with Gasteiger partial charge in [-0.3, -0.25) is 0 Å². The van der Waals surface area contributed by atoms with Gasteiger partial charge >= 0.3 is 0 Å². The van der Waals surface area contributed by atoms with E-state index in [0.717, 1.165) is 5.75 Å². The minimum Gasteiger partial charge on any atom is -0.496 e. The highest BCUT2D eigenvalue weighted by Gasteiger charge is 2.45. The maximum Gasteiger partial charge on any atom is 0.123 e. The molecule has 0 amide bonds. The van der Waals surface area contributed by atoms with E-state index in [1.54, 1.807) is 7.11 Å². The molecule has 0 aromatic heterocycles. The van der Waals surface area contributed by atoms with Crippen LogP contribution in [0.5, 0.6) is 5.75 Å². The SMILES string of the molecule is CNC(c1cc(C)ccc1OC)C1(C)CC1. The van der Waals surface area contributed by atoms with Crippen LogP contribution < -0.4 is 10.1 Å². The van der Waals surface area contributed by atoms with Gasteiger partial charge in [0.15, 0.2) is 0 Å². The smallest absolute Gasteiger partial charge is 0.123 e. The first-order valence-electron chi connectivity index (χ1n) is 5.92. The van der Waals surface area contributed by atoms with Crippen LogP contribution in [0.25, 0.3) is 0 Å². The predicted molar refractivity (Wildman–Crippen MR) is 66.9 cm³/mol. The van der Waals surface area contributed by atoms with Crippen molar-refractivity contribution >= 4 is 0 Å². The van der Waals surface area contributed by atoms with Crippen molar-refractivity contribution in [2.24, 2.45) is 5.41 Å². The van der Waals surface area contributed by atoms with Crippen LogP contribution in [0.4, 0.5) is 0 Å². The van der Waals surface area contributed by atoms with E-state index in [1.807, 2.05) is 7.05 Å². The molecule has 2 heteroatoms. The first kappa shape index (κ1) is 11.5. The number of benzene rings is 1. The Morgan fingerprint density at radius 1 is 1.38 bits per heavy atom. The van der Waals surface area contributed by atoms with Crippen LogP contribution in [0.3, 0.4) is 0 Å². The van der Waals surface area contributed by atoms with Crippen LogP contribution in [-0.4, -0.2) is 14.2 Å². The van der Waals surface area contributed by atoms with E-state index in [4.69, 9.17) is 4.74 Å². The second kappa shape index (κ2) is 4.10. The van der Waals surface area contributed by atoms with E-state index in [2.05, 4.69) is 37.4 Å². The highest BCUT2D eigenvalue weighted by molar-refractivity contribution is 5.40. The Bertz CT molecular complexity index is 382. The zero-order chi connectivity index (χ0) is 11.8. The third-order valence-electron chi connectivity index (χ3n) is 3.72. The van der Waals surface area contributed by atoms with E-state index in [1.165, 1.54) is 24.0 Å². The molecular formula is C14H21NO. The van der Waals surface area contributed by atoms with Crippen LogP contribution in [0.2, 0.25) is 0 Å². The highest BCUT2D eigenvalue weighted by atomic mass is 16.5. The van der Waals surface area contributed by atoms with Crippen molar-refractivity contribution in [3.05, 3.63) is 29.3 Å². The zero-order valence-corrected chi connectivity index (χ0v) is 10.6. The summed E-state index contributed by atoms with van der Waals surface area (Å²) in [6.07, 6.45) is 2.60. The fraction of sp³-hybridized carbons (Fsp3) is 0.571. The van der Waals surface area contributed by atoms with Crippen LogP contribution in [-0.2, 0) is 0 Å². The molecule has 0 bridgehead atoms. The Morgan fingerprint density at radius 3 is 2.56 bits per heavy atom. The molecule has 2 rings (SSSR count). The number of rotatable bonds is 4. The lowest BCUT2D eigenvalue weighted by atomic mass is 9.90. The molecule has 1 aliphatic rings. The summed E-state index contributed by atoms with van der Waals surface area (Å²) in [6, 6.07) is 6.82.